The van der Waals surface area contributed by atoms with Gasteiger partial charge in [0.25, 0.3) is 0 Å². The average molecular weight is 98.1 g/mol. The topological polar surface area (TPSA) is 57.3 Å². The zero-order valence-electron chi connectivity index (χ0n) is 3.70. The van der Waals surface area contributed by atoms with Crippen molar-refractivity contribution in [3.63, 3.8) is 0 Å². The Morgan fingerprint density at radius 1 is 0.857 bits per heavy atom. The van der Waals surface area contributed by atoms with Crippen LogP contribution < -0.4 is 0 Å². The molecule has 0 aliphatic carbocycles. The van der Waals surface area contributed by atoms with E-state index < -0.39 is 0 Å². The fourth-order valence-corrected chi connectivity index (χ4v) is 0.253. The van der Waals surface area contributed by atoms with Crippen LogP contribution in [0.4, 0.5) is 0 Å². The van der Waals surface area contributed by atoms with E-state index in [9.17, 15) is 0 Å². The molecule has 0 radical (unpaired) electrons. The molecule has 0 aliphatic heterocycles. The van der Waals surface area contributed by atoms with Crippen LogP contribution in [0.25, 0.3) is 0 Å². The molecule has 1 rings (SSSR count). The van der Waals surface area contributed by atoms with Crippen LogP contribution in [-0.2, 0) is 0 Å². The summed E-state index contributed by atoms with van der Waals surface area (Å²) in [6, 6.07) is 3.65. The average Bonchev–Trinajstić information content (AvgIpc) is 1.72. The van der Waals surface area contributed by atoms with Crippen molar-refractivity contribution in [3.05, 3.63) is 24.5 Å². The van der Waals surface area contributed by atoms with Gasteiger partial charge in [0.1, 0.15) is 0 Å². The summed E-state index contributed by atoms with van der Waals surface area (Å²) in [4.78, 5) is 0. The molecule has 38 valence electrons. The third-order valence-electron chi connectivity index (χ3n) is 0.483. The third kappa shape index (κ3) is 1.83. The molecule has 3 heteroatoms. The first-order chi connectivity index (χ1) is 3.00. The fraction of sp³-hybridized carbons (Fsp3) is 0. The standard InChI is InChI=1S/C4H4N2.H2O/c1-2-4-6-5-3-1;/h1-4H;1H2. The van der Waals surface area contributed by atoms with Crippen LogP contribution in [0.5, 0.6) is 0 Å². The second-order valence-corrected chi connectivity index (χ2v) is 0.914. The molecule has 1 aromatic rings. The predicted octanol–water partition coefficient (Wildman–Crippen LogP) is -0.348. The van der Waals surface area contributed by atoms with Crippen molar-refractivity contribution in [3.8, 4) is 0 Å². The Morgan fingerprint density at radius 2 is 1.29 bits per heavy atom. The number of hydrogen-bond donors (Lipinski definition) is 0. The Kier molecular flexibility index (Phi) is 2.79. The van der Waals surface area contributed by atoms with E-state index in [1.807, 2.05) is 12.1 Å². The largest absolute Gasteiger partial charge is 0.412 e. The normalized spacial score (nSPS) is 6.86. The quantitative estimate of drug-likeness (QED) is 0.445. The van der Waals surface area contributed by atoms with Crippen molar-refractivity contribution < 1.29 is 5.48 Å². The van der Waals surface area contributed by atoms with Crippen molar-refractivity contribution >= 4 is 0 Å². The van der Waals surface area contributed by atoms with Crippen LogP contribution in [0, 0.1) is 0 Å². The molecule has 0 spiro atoms. The third-order valence-corrected chi connectivity index (χ3v) is 0.483. The molecule has 2 N–H and O–H groups in total. The molecule has 3 nitrogen and oxygen atoms in total. The highest BCUT2D eigenvalue weighted by molar-refractivity contribution is 4.79. The van der Waals surface area contributed by atoms with E-state index in [1.165, 1.54) is 0 Å². The van der Waals surface area contributed by atoms with Gasteiger partial charge in [-0.2, -0.15) is 10.2 Å². The number of rotatable bonds is 0. The molecule has 0 fully saturated rings. The lowest BCUT2D eigenvalue weighted by molar-refractivity contribution is 0.824. The summed E-state index contributed by atoms with van der Waals surface area (Å²) < 4.78 is 0. The van der Waals surface area contributed by atoms with Gasteiger partial charge in [0.15, 0.2) is 0 Å². The van der Waals surface area contributed by atoms with Gasteiger partial charge in [-0.15, -0.1) is 0 Å². The summed E-state index contributed by atoms with van der Waals surface area (Å²) in [5.41, 5.74) is 0. The minimum atomic E-state index is 0. The summed E-state index contributed by atoms with van der Waals surface area (Å²) in [6.07, 6.45) is 3.28. The van der Waals surface area contributed by atoms with E-state index in [0.717, 1.165) is 0 Å². The number of nitrogens with zero attached hydrogens (tertiary/aromatic N) is 2. The van der Waals surface area contributed by atoms with Crippen LogP contribution >= 0.6 is 0 Å². The molecular formula is C4H6N2O. The van der Waals surface area contributed by atoms with E-state index in [0.29, 0.717) is 0 Å². The molecule has 0 saturated heterocycles. The van der Waals surface area contributed by atoms with E-state index in [-0.39, 0.29) is 5.48 Å². The maximum Gasteiger partial charge on any atom is 0.0496 e. The van der Waals surface area contributed by atoms with Gasteiger partial charge in [0.2, 0.25) is 0 Å². The molecule has 0 aromatic carbocycles. The molecule has 0 bridgehead atoms. The van der Waals surface area contributed by atoms with Crippen molar-refractivity contribution in [2.45, 2.75) is 0 Å². The highest BCUT2D eigenvalue weighted by atomic mass is 16.0. The monoisotopic (exact) mass is 98.0 g/mol. The van der Waals surface area contributed by atoms with Gasteiger partial charge in [0.05, 0.1) is 0 Å². The van der Waals surface area contributed by atoms with E-state index in [4.69, 9.17) is 0 Å². The molecule has 0 amide bonds. The van der Waals surface area contributed by atoms with Crippen molar-refractivity contribution in [2.75, 3.05) is 0 Å². The van der Waals surface area contributed by atoms with Gasteiger partial charge < -0.3 is 5.48 Å². The summed E-state index contributed by atoms with van der Waals surface area (Å²) in [5, 5.41) is 7.07. The van der Waals surface area contributed by atoms with Gasteiger partial charge in [0, 0.05) is 12.4 Å². The van der Waals surface area contributed by atoms with Crippen LogP contribution in [0.3, 0.4) is 0 Å². The lowest BCUT2D eigenvalue weighted by Crippen LogP contribution is -1.69. The second-order valence-electron chi connectivity index (χ2n) is 0.914. The molecule has 1 aromatic heterocycles. The Morgan fingerprint density at radius 3 is 1.43 bits per heavy atom. The highest BCUT2D eigenvalue weighted by Gasteiger charge is 1.59. The maximum absolute atomic E-state index is 3.53. The molecule has 7 heavy (non-hydrogen) atoms. The molecule has 0 saturated carbocycles. The van der Waals surface area contributed by atoms with E-state index >= 15 is 0 Å². The zero-order valence-corrected chi connectivity index (χ0v) is 3.70. The van der Waals surface area contributed by atoms with Gasteiger partial charge in [-0.1, -0.05) is 0 Å². The van der Waals surface area contributed by atoms with Gasteiger partial charge in [-0.3, -0.25) is 0 Å². The first-order valence-corrected chi connectivity index (χ1v) is 1.72. The zero-order chi connectivity index (χ0) is 4.24. The van der Waals surface area contributed by atoms with Crippen LogP contribution in [0.2, 0.25) is 0 Å². The van der Waals surface area contributed by atoms with Gasteiger partial charge in [-0.25, -0.2) is 0 Å². The molecular weight excluding hydrogens is 92.1 g/mol. The Balaban J connectivity index is 0.000000360. The van der Waals surface area contributed by atoms with Gasteiger partial charge in [-0.05, 0) is 12.1 Å². The van der Waals surface area contributed by atoms with Crippen LogP contribution in [0.1, 0.15) is 0 Å². The first-order valence-electron chi connectivity index (χ1n) is 1.72. The molecule has 0 atom stereocenters. The van der Waals surface area contributed by atoms with E-state index in [1.54, 1.807) is 12.4 Å². The molecule has 0 unspecified atom stereocenters. The lowest BCUT2D eigenvalue weighted by Gasteiger charge is -1.69. The predicted molar refractivity (Wildman–Crippen MR) is 25.6 cm³/mol. The summed E-state index contributed by atoms with van der Waals surface area (Å²) in [6.45, 7) is 0. The second kappa shape index (κ2) is 3.24. The van der Waals surface area contributed by atoms with Crippen LogP contribution in [0.15, 0.2) is 24.5 Å². The summed E-state index contributed by atoms with van der Waals surface area (Å²) in [5.74, 6) is 0. The lowest BCUT2D eigenvalue weighted by atomic mass is 10.6. The first kappa shape index (κ1) is 6.04. The Bertz CT molecular complexity index is 81.6. The highest BCUT2D eigenvalue weighted by Crippen LogP contribution is 1.68. The Hall–Kier alpha value is -0.960. The minimum Gasteiger partial charge on any atom is -0.412 e. The Labute approximate surface area is 41.3 Å². The summed E-state index contributed by atoms with van der Waals surface area (Å²) >= 11 is 0. The number of hydrogen-bond acceptors (Lipinski definition) is 2. The SMILES string of the molecule is O.c1ccnnc1. The molecule has 1 heterocycles. The van der Waals surface area contributed by atoms with Crippen molar-refractivity contribution in [1.29, 1.82) is 0 Å². The number of aromatic nitrogens is 2. The minimum absolute atomic E-state index is 0. The smallest absolute Gasteiger partial charge is 0.0496 e. The van der Waals surface area contributed by atoms with Gasteiger partial charge >= 0.3 is 0 Å². The van der Waals surface area contributed by atoms with E-state index in [2.05, 4.69) is 10.2 Å². The van der Waals surface area contributed by atoms with Crippen molar-refractivity contribution in [1.82, 2.24) is 10.2 Å². The summed E-state index contributed by atoms with van der Waals surface area (Å²) in [7, 11) is 0. The van der Waals surface area contributed by atoms with Crippen molar-refractivity contribution in [2.24, 2.45) is 0 Å². The van der Waals surface area contributed by atoms with Crippen LogP contribution in [-0.4, -0.2) is 15.7 Å². The fourth-order valence-electron chi connectivity index (χ4n) is 0.253. The molecule has 0 aliphatic rings. The maximum atomic E-state index is 3.53.